The fraction of sp³-hybridized carbons (Fsp3) is 0.400. The van der Waals surface area contributed by atoms with Crippen LogP contribution in [0.3, 0.4) is 0 Å². The van der Waals surface area contributed by atoms with Crippen LogP contribution in [-0.2, 0) is 0 Å². The van der Waals surface area contributed by atoms with Gasteiger partial charge in [-0.1, -0.05) is 17.7 Å². The normalized spacial score (nSPS) is 15.0. The first-order valence-corrected chi connectivity index (χ1v) is 9.15. The van der Waals surface area contributed by atoms with Gasteiger partial charge in [-0.3, -0.25) is 9.79 Å². The van der Waals surface area contributed by atoms with Crippen LogP contribution in [0.2, 0.25) is 0 Å². The summed E-state index contributed by atoms with van der Waals surface area (Å²) in [6.07, 6.45) is 1.52. The standard InChI is InChI=1S/C20H26N4O3/c1-16-5-7-17(8-6-16)26-15-9-22-20(21-2)24-12-10-23(11-13-24)19(25)18-4-3-14-27-18/h3-8,14H,9-13,15H2,1-2H3,(H,21,22). The van der Waals surface area contributed by atoms with E-state index in [1.807, 2.05) is 29.2 Å². The Morgan fingerprint density at radius 2 is 1.85 bits per heavy atom. The van der Waals surface area contributed by atoms with Crippen molar-refractivity contribution in [1.29, 1.82) is 0 Å². The van der Waals surface area contributed by atoms with Crippen molar-refractivity contribution in [3.63, 3.8) is 0 Å². The van der Waals surface area contributed by atoms with Crippen molar-refractivity contribution < 1.29 is 13.9 Å². The first-order chi connectivity index (χ1) is 13.2. The van der Waals surface area contributed by atoms with Crippen LogP contribution in [0.25, 0.3) is 0 Å². The van der Waals surface area contributed by atoms with Gasteiger partial charge in [0.15, 0.2) is 11.7 Å². The molecule has 0 radical (unpaired) electrons. The molecule has 0 aliphatic carbocycles. The molecule has 1 aromatic carbocycles. The van der Waals surface area contributed by atoms with E-state index in [4.69, 9.17) is 9.15 Å². The topological polar surface area (TPSA) is 70.3 Å². The maximum atomic E-state index is 12.3. The maximum absolute atomic E-state index is 12.3. The quantitative estimate of drug-likeness (QED) is 0.495. The first-order valence-electron chi connectivity index (χ1n) is 9.15. The third-order valence-electron chi connectivity index (χ3n) is 4.49. The molecule has 2 heterocycles. The summed E-state index contributed by atoms with van der Waals surface area (Å²) in [7, 11) is 1.77. The number of nitrogens with one attached hydrogen (secondary N) is 1. The second-order valence-electron chi connectivity index (χ2n) is 6.39. The van der Waals surface area contributed by atoms with Crippen molar-refractivity contribution in [3.8, 4) is 5.75 Å². The number of hydrogen-bond acceptors (Lipinski definition) is 4. The van der Waals surface area contributed by atoms with E-state index in [1.165, 1.54) is 11.8 Å². The number of guanidine groups is 1. The predicted molar refractivity (Wildman–Crippen MR) is 104 cm³/mol. The van der Waals surface area contributed by atoms with E-state index in [0.717, 1.165) is 24.8 Å². The highest BCUT2D eigenvalue weighted by Gasteiger charge is 2.24. The molecular formula is C20H26N4O3. The van der Waals surface area contributed by atoms with Gasteiger partial charge >= 0.3 is 0 Å². The van der Waals surface area contributed by atoms with Gasteiger partial charge < -0.3 is 24.3 Å². The summed E-state index contributed by atoms with van der Waals surface area (Å²) in [6, 6.07) is 11.4. The number of rotatable bonds is 5. The van der Waals surface area contributed by atoms with Crippen LogP contribution in [-0.4, -0.2) is 68.0 Å². The van der Waals surface area contributed by atoms with E-state index >= 15 is 0 Å². The monoisotopic (exact) mass is 370 g/mol. The van der Waals surface area contributed by atoms with Gasteiger partial charge in [-0.25, -0.2) is 0 Å². The highest BCUT2D eigenvalue weighted by atomic mass is 16.5. The molecule has 144 valence electrons. The summed E-state index contributed by atoms with van der Waals surface area (Å²) in [6.45, 7) is 6.00. The molecule has 7 nitrogen and oxygen atoms in total. The molecule has 0 saturated carbocycles. The van der Waals surface area contributed by atoms with Gasteiger partial charge in [-0.05, 0) is 31.2 Å². The number of furan rings is 1. The van der Waals surface area contributed by atoms with Crippen LogP contribution in [0.4, 0.5) is 0 Å². The van der Waals surface area contributed by atoms with Gasteiger partial charge in [-0.2, -0.15) is 0 Å². The summed E-state index contributed by atoms with van der Waals surface area (Å²) in [5, 5.41) is 3.32. The third kappa shape index (κ3) is 5.03. The Kier molecular flexibility index (Phi) is 6.35. The molecule has 1 aromatic heterocycles. The van der Waals surface area contributed by atoms with E-state index in [2.05, 4.69) is 22.1 Å². The van der Waals surface area contributed by atoms with E-state index in [0.29, 0.717) is 32.0 Å². The fourth-order valence-corrected chi connectivity index (χ4v) is 2.98. The van der Waals surface area contributed by atoms with E-state index in [9.17, 15) is 4.79 Å². The van der Waals surface area contributed by atoms with Gasteiger partial charge in [0, 0.05) is 33.2 Å². The zero-order chi connectivity index (χ0) is 19.1. The lowest BCUT2D eigenvalue weighted by Gasteiger charge is -2.36. The summed E-state index contributed by atoms with van der Waals surface area (Å²) in [5.74, 6) is 2.02. The summed E-state index contributed by atoms with van der Waals surface area (Å²) < 4.78 is 10.9. The number of aryl methyl sites for hydroxylation is 1. The van der Waals surface area contributed by atoms with Crippen molar-refractivity contribution in [3.05, 3.63) is 54.0 Å². The van der Waals surface area contributed by atoms with Crippen molar-refractivity contribution in [2.75, 3.05) is 46.4 Å². The molecule has 1 aliphatic rings. The lowest BCUT2D eigenvalue weighted by atomic mass is 10.2. The van der Waals surface area contributed by atoms with E-state index < -0.39 is 0 Å². The van der Waals surface area contributed by atoms with Crippen molar-refractivity contribution in [2.45, 2.75) is 6.92 Å². The molecule has 2 aromatic rings. The molecule has 27 heavy (non-hydrogen) atoms. The number of ether oxygens (including phenoxy) is 1. The Labute approximate surface area is 159 Å². The molecule has 1 N–H and O–H groups in total. The maximum Gasteiger partial charge on any atom is 0.289 e. The van der Waals surface area contributed by atoms with Crippen LogP contribution in [0, 0.1) is 6.92 Å². The van der Waals surface area contributed by atoms with Crippen molar-refractivity contribution >= 4 is 11.9 Å². The molecule has 0 unspecified atom stereocenters. The Hall–Kier alpha value is -2.96. The molecule has 1 fully saturated rings. The minimum Gasteiger partial charge on any atom is -0.492 e. The van der Waals surface area contributed by atoms with Crippen LogP contribution >= 0.6 is 0 Å². The second kappa shape index (κ2) is 9.12. The van der Waals surface area contributed by atoms with Gasteiger partial charge in [0.1, 0.15) is 12.4 Å². The van der Waals surface area contributed by atoms with Crippen LogP contribution in [0.15, 0.2) is 52.1 Å². The lowest BCUT2D eigenvalue weighted by molar-refractivity contribution is 0.0657. The number of aliphatic imine (C=N–C) groups is 1. The number of hydrogen-bond donors (Lipinski definition) is 1. The highest BCUT2D eigenvalue weighted by Crippen LogP contribution is 2.11. The zero-order valence-electron chi connectivity index (χ0n) is 15.9. The minimum absolute atomic E-state index is 0.0610. The second-order valence-corrected chi connectivity index (χ2v) is 6.39. The minimum atomic E-state index is -0.0610. The molecule has 1 amide bonds. The Bertz CT molecular complexity index is 748. The average molecular weight is 370 g/mol. The van der Waals surface area contributed by atoms with Gasteiger partial charge in [0.2, 0.25) is 0 Å². The molecule has 0 bridgehead atoms. The molecule has 0 spiro atoms. The summed E-state index contributed by atoms with van der Waals surface area (Å²) in [4.78, 5) is 20.6. The molecule has 1 aliphatic heterocycles. The molecule has 0 atom stereocenters. The van der Waals surface area contributed by atoms with Crippen LogP contribution < -0.4 is 10.1 Å². The highest BCUT2D eigenvalue weighted by molar-refractivity contribution is 5.91. The molecule has 1 saturated heterocycles. The third-order valence-corrected chi connectivity index (χ3v) is 4.49. The number of nitrogens with zero attached hydrogens (tertiary/aromatic N) is 3. The molecule has 3 rings (SSSR count). The number of carbonyl (C=O) groups is 1. The number of piperazine rings is 1. The van der Waals surface area contributed by atoms with Crippen molar-refractivity contribution in [1.82, 2.24) is 15.1 Å². The Morgan fingerprint density at radius 1 is 1.15 bits per heavy atom. The smallest absolute Gasteiger partial charge is 0.289 e. The summed E-state index contributed by atoms with van der Waals surface area (Å²) in [5.41, 5.74) is 1.21. The Balaban J connectivity index is 1.41. The predicted octanol–water partition coefficient (Wildman–Crippen LogP) is 2.00. The van der Waals surface area contributed by atoms with Crippen LogP contribution in [0.1, 0.15) is 16.1 Å². The van der Waals surface area contributed by atoms with Crippen molar-refractivity contribution in [2.24, 2.45) is 4.99 Å². The lowest BCUT2D eigenvalue weighted by Crippen LogP contribution is -2.54. The van der Waals surface area contributed by atoms with E-state index in [-0.39, 0.29) is 5.91 Å². The molecular weight excluding hydrogens is 344 g/mol. The number of carbonyl (C=O) groups excluding carboxylic acids is 1. The van der Waals surface area contributed by atoms with Crippen LogP contribution in [0.5, 0.6) is 5.75 Å². The van der Waals surface area contributed by atoms with Gasteiger partial charge in [0.05, 0.1) is 12.8 Å². The first kappa shape index (κ1) is 18.8. The fourth-order valence-electron chi connectivity index (χ4n) is 2.98. The largest absolute Gasteiger partial charge is 0.492 e. The summed E-state index contributed by atoms with van der Waals surface area (Å²) >= 11 is 0. The molecule has 7 heteroatoms. The average Bonchev–Trinajstić information content (AvgIpc) is 3.24. The SMILES string of the molecule is CN=C(NCCOc1ccc(C)cc1)N1CCN(C(=O)c2ccco2)CC1. The number of amides is 1. The number of benzene rings is 1. The van der Waals surface area contributed by atoms with Gasteiger partial charge in [0.25, 0.3) is 5.91 Å². The zero-order valence-corrected chi connectivity index (χ0v) is 15.9. The Morgan fingerprint density at radius 3 is 2.48 bits per heavy atom. The van der Waals surface area contributed by atoms with E-state index in [1.54, 1.807) is 19.2 Å². The van der Waals surface area contributed by atoms with Gasteiger partial charge in [-0.15, -0.1) is 0 Å².